The molecule has 0 spiro atoms. The van der Waals surface area contributed by atoms with E-state index in [0.29, 0.717) is 5.65 Å². The molecule has 0 radical (unpaired) electrons. The maximum atomic E-state index is 12.0. The summed E-state index contributed by atoms with van der Waals surface area (Å²) in [5.74, 6) is 0.0708. The lowest BCUT2D eigenvalue weighted by atomic mass is 10.2. The van der Waals surface area contributed by atoms with E-state index in [1.807, 2.05) is 0 Å². The van der Waals surface area contributed by atoms with E-state index in [9.17, 15) is 9.90 Å². The Morgan fingerprint density at radius 2 is 2.35 bits per heavy atom. The molecule has 3 heterocycles. The molecule has 1 fully saturated rings. The predicted octanol–water partition coefficient (Wildman–Crippen LogP) is -1.65. The largest absolute Gasteiger partial charge is 0.394 e. The van der Waals surface area contributed by atoms with Crippen LogP contribution in [0.2, 0.25) is 0 Å². The zero-order valence-corrected chi connectivity index (χ0v) is 10.8. The van der Waals surface area contributed by atoms with Crippen molar-refractivity contribution in [2.45, 2.75) is 24.9 Å². The van der Waals surface area contributed by atoms with Gasteiger partial charge in [0.05, 0.1) is 19.0 Å². The summed E-state index contributed by atoms with van der Waals surface area (Å²) in [6.45, 7) is -0.276. The average Bonchev–Trinajstić information content (AvgIpc) is 2.99. The maximum Gasteiger partial charge on any atom is 0.282 e. The second-order valence-corrected chi connectivity index (χ2v) is 4.77. The highest BCUT2D eigenvalue weighted by Gasteiger charge is 2.35. The van der Waals surface area contributed by atoms with Crippen LogP contribution in [-0.4, -0.2) is 48.1 Å². The number of fused-ring (bicyclic) bond motifs is 1. The zero-order chi connectivity index (χ0) is 14.4. The third-order valence-electron chi connectivity index (χ3n) is 3.53. The third kappa shape index (κ3) is 1.79. The van der Waals surface area contributed by atoms with Gasteiger partial charge in [0.25, 0.3) is 5.56 Å². The van der Waals surface area contributed by atoms with Gasteiger partial charge >= 0.3 is 0 Å². The molecule has 1 aliphatic rings. The minimum atomic E-state index is -0.772. The Balaban J connectivity index is 2.08. The number of nitrogens with zero attached hydrogens (tertiary/aromatic N) is 4. The number of aliphatic hydroxyl groups is 2. The van der Waals surface area contributed by atoms with Crippen LogP contribution in [0.25, 0.3) is 11.2 Å². The first kappa shape index (κ1) is 13.0. The molecule has 3 atom stereocenters. The van der Waals surface area contributed by atoms with Crippen LogP contribution in [0.5, 0.6) is 0 Å². The van der Waals surface area contributed by atoms with Gasteiger partial charge < -0.3 is 20.7 Å². The van der Waals surface area contributed by atoms with Crippen LogP contribution < -0.4 is 11.3 Å². The Labute approximate surface area is 113 Å². The van der Waals surface area contributed by atoms with Crippen molar-refractivity contribution in [1.29, 1.82) is 0 Å². The molecule has 9 nitrogen and oxygen atoms in total. The first-order valence-electron chi connectivity index (χ1n) is 6.16. The molecule has 1 saturated heterocycles. The molecule has 0 bridgehead atoms. The minimum Gasteiger partial charge on any atom is -0.394 e. The van der Waals surface area contributed by atoms with Gasteiger partial charge in [0.15, 0.2) is 11.2 Å². The normalized spacial score (nSPS) is 26.4. The molecule has 20 heavy (non-hydrogen) atoms. The number of aromatic nitrogens is 4. The second-order valence-electron chi connectivity index (χ2n) is 4.77. The monoisotopic (exact) mass is 281 g/mol. The Morgan fingerprint density at radius 1 is 1.60 bits per heavy atom. The van der Waals surface area contributed by atoms with Crippen molar-refractivity contribution in [3.63, 3.8) is 0 Å². The SMILES string of the molecule is Cn1c(N)nc2c(ncn2[C@H]2C[C@@H](O)[C@@H](CO)O2)c1=O. The molecular weight excluding hydrogens is 266 g/mol. The molecule has 0 unspecified atom stereocenters. The van der Waals surface area contributed by atoms with E-state index in [1.165, 1.54) is 17.9 Å². The van der Waals surface area contributed by atoms with Gasteiger partial charge in [-0.15, -0.1) is 0 Å². The fourth-order valence-electron chi connectivity index (χ4n) is 2.32. The van der Waals surface area contributed by atoms with Gasteiger partial charge in [-0.2, -0.15) is 4.98 Å². The number of aliphatic hydroxyl groups excluding tert-OH is 2. The van der Waals surface area contributed by atoms with Crippen LogP contribution in [0.15, 0.2) is 11.1 Å². The van der Waals surface area contributed by atoms with Crippen LogP contribution in [-0.2, 0) is 11.8 Å². The second kappa shape index (κ2) is 4.54. The fraction of sp³-hybridized carbons (Fsp3) is 0.545. The molecule has 1 aliphatic heterocycles. The third-order valence-corrected chi connectivity index (χ3v) is 3.53. The van der Waals surface area contributed by atoms with Gasteiger partial charge in [-0.3, -0.25) is 13.9 Å². The minimum absolute atomic E-state index is 0.0708. The highest BCUT2D eigenvalue weighted by molar-refractivity contribution is 5.70. The van der Waals surface area contributed by atoms with Crippen LogP contribution in [0.4, 0.5) is 5.95 Å². The van der Waals surface area contributed by atoms with Crippen molar-refractivity contribution in [3.8, 4) is 0 Å². The topological polar surface area (TPSA) is 128 Å². The number of nitrogen functional groups attached to an aromatic ring is 1. The Hall–Kier alpha value is -1.97. The molecule has 0 amide bonds. The van der Waals surface area contributed by atoms with E-state index in [0.717, 1.165) is 0 Å². The van der Waals surface area contributed by atoms with Gasteiger partial charge in [0.1, 0.15) is 12.3 Å². The summed E-state index contributed by atoms with van der Waals surface area (Å²) in [7, 11) is 1.51. The van der Waals surface area contributed by atoms with Crippen LogP contribution >= 0.6 is 0 Å². The van der Waals surface area contributed by atoms with Gasteiger partial charge in [-0.05, 0) is 0 Å². The number of anilines is 1. The summed E-state index contributed by atoms with van der Waals surface area (Å²) in [5.41, 5.74) is 5.82. The number of rotatable bonds is 2. The van der Waals surface area contributed by atoms with E-state index in [1.54, 1.807) is 4.57 Å². The Bertz CT molecular complexity index is 709. The van der Waals surface area contributed by atoms with Crippen molar-refractivity contribution >= 4 is 17.1 Å². The summed E-state index contributed by atoms with van der Waals surface area (Å²) in [5, 5.41) is 18.8. The zero-order valence-electron chi connectivity index (χ0n) is 10.8. The lowest BCUT2D eigenvalue weighted by Gasteiger charge is -2.13. The molecule has 0 aliphatic carbocycles. The summed E-state index contributed by atoms with van der Waals surface area (Å²) in [6.07, 6.45) is -0.248. The Kier molecular flexibility index (Phi) is 2.96. The first-order chi connectivity index (χ1) is 9.52. The molecule has 3 rings (SSSR count). The first-order valence-corrected chi connectivity index (χ1v) is 6.16. The smallest absolute Gasteiger partial charge is 0.282 e. The molecule has 4 N–H and O–H groups in total. The van der Waals surface area contributed by atoms with E-state index < -0.39 is 18.4 Å². The average molecular weight is 281 g/mol. The van der Waals surface area contributed by atoms with Crippen LogP contribution in [0.1, 0.15) is 12.6 Å². The standard InChI is InChI=1S/C11H15N5O4/c1-15-10(19)8-9(14-11(15)12)16(4-13-8)7-2-5(18)6(3-17)20-7/h4-7,17-18H,2-3H2,1H3,(H2,12,14)/t5-,6-,7-/m1/s1. The maximum absolute atomic E-state index is 12.0. The number of nitrogens with two attached hydrogens (primary N) is 1. The number of hydrogen-bond donors (Lipinski definition) is 3. The van der Waals surface area contributed by atoms with E-state index in [-0.39, 0.29) is 30.1 Å². The number of imidazole rings is 1. The van der Waals surface area contributed by atoms with Crippen molar-refractivity contribution in [3.05, 3.63) is 16.7 Å². The van der Waals surface area contributed by atoms with Gasteiger partial charge in [0, 0.05) is 13.5 Å². The highest BCUT2D eigenvalue weighted by Crippen LogP contribution is 2.30. The molecule has 108 valence electrons. The van der Waals surface area contributed by atoms with E-state index in [2.05, 4.69) is 9.97 Å². The van der Waals surface area contributed by atoms with E-state index >= 15 is 0 Å². The molecule has 0 aromatic carbocycles. The molecule has 0 saturated carbocycles. The van der Waals surface area contributed by atoms with Gasteiger partial charge in [0.2, 0.25) is 5.95 Å². The summed E-state index contributed by atoms with van der Waals surface area (Å²) in [4.78, 5) is 20.2. The van der Waals surface area contributed by atoms with Crippen LogP contribution in [0, 0.1) is 0 Å². The lowest BCUT2D eigenvalue weighted by Crippen LogP contribution is -2.24. The van der Waals surface area contributed by atoms with Crippen LogP contribution in [0.3, 0.4) is 0 Å². The highest BCUT2D eigenvalue weighted by atomic mass is 16.5. The van der Waals surface area contributed by atoms with Crippen molar-refractivity contribution < 1.29 is 14.9 Å². The molecule has 2 aromatic heterocycles. The molecule has 2 aromatic rings. The number of ether oxygens (including phenoxy) is 1. The summed E-state index contributed by atoms with van der Waals surface area (Å²) in [6, 6.07) is 0. The quantitative estimate of drug-likeness (QED) is 0.601. The van der Waals surface area contributed by atoms with Crippen molar-refractivity contribution in [2.75, 3.05) is 12.3 Å². The Morgan fingerprint density at radius 3 is 3.00 bits per heavy atom. The van der Waals surface area contributed by atoms with E-state index in [4.69, 9.17) is 15.6 Å². The van der Waals surface area contributed by atoms with Gasteiger partial charge in [-0.1, -0.05) is 0 Å². The van der Waals surface area contributed by atoms with Crippen molar-refractivity contribution in [2.24, 2.45) is 7.05 Å². The molecular formula is C11H15N5O4. The lowest BCUT2D eigenvalue weighted by molar-refractivity contribution is -0.0432. The summed E-state index contributed by atoms with van der Waals surface area (Å²) >= 11 is 0. The summed E-state index contributed by atoms with van der Waals surface area (Å²) < 4.78 is 8.28. The molecule has 9 heteroatoms. The fourth-order valence-corrected chi connectivity index (χ4v) is 2.32. The van der Waals surface area contributed by atoms with Gasteiger partial charge in [-0.25, -0.2) is 4.98 Å². The predicted molar refractivity (Wildman–Crippen MR) is 68.8 cm³/mol. The number of hydrogen-bond acceptors (Lipinski definition) is 7. The van der Waals surface area contributed by atoms with Crippen molar-refractivity contribution in [1.82, 2.24) is 19.1 Å².